The van der Waals surface area contributed by atoms with Crippen LogP contribution in [0.3, 0.4) is 0 Å². The fourth-order valence-electron chi connectivity index (χ4n) is 1.61. The van der Waals surface area contributed by atoms with Crippen LogP contribution in [0.2, 0.25) is 0 Å². The lowest BCUT2D eigenvalue weighted by Crippen LogP contribution is -2.39. The third-order valence-electron chi connectivity index (χ3n) is 2.94. The minimum Gasteiger partial charge on any atom is -0.408 e. The van der Waals surface area contributed by atoms with E-state index in [4.69, 9.17) is 18.6 Å². The zero-order valence-corrected chi connectivity index (χ0v) is 9.10. The van der Waals surface area contributed by atoms with Gasteiger partial charge in [0.1, 0.15) is 0 Å². The molecule has 0 amide bonds. The summed E-state index contributed by atoms with van der Waals surface area (Å²) in [5, 5.41) is 0. The van der Waals surface area contributed by atoms with Crippen molar-refractivity contribution in [2.75, 3.05) is 0 Å². The van der Waals surface area contributed by atoms with Gasteiger partial charge in [-0.2, -0.15) is 0 Å². The fraction of sp³-hybridized carbons (Fsp3) is 1.00. The Bertz CT molecular complexity index is 174. The van der Waals surface area contributed by atoms with Crippen molar-refractivity contribution in [2.24, 2.45) is 0 Å². The molecule has 0 N–H and O–H groups in total. The van der Waals surface area contributed by atoms with Crippen LogP contribution in [0.15, 0.2) is 0 Å². The van der Waals surface area contributed by atoms with Gasteiger partial charge in [-0.25, -0.2) is 0 Å². The molecule has 2 aliphatic rings. The smallest absolute Gasteiger partial charge is 0.408 e. The topological polar surface area (TPSA) is 36.9 Å². The average Bonchev–Trinajstić information content (AvgIpc) is 2.60. The maximum atomic E-state index is 5.58. The van der Waals surface area contributed by atoms with Gasteiger partial charge >= 0.3 is 14.0 Å². The third kappa shape index (κ3) is 1.84. The maximum absolute atomic E-state index is 5.58. The van der Waals surface area contributed by atoms with Crippen molar-refractivity contribution in [3.63, 3.8) is 0 Å². The van der Waals surface area contributed by atoms with E-state index in [1.54, 1.807) is 0 Å². The number of hydrogen-bond donors (Lipinski definition) is 0. The third-order valence-corrected chi connectivity index (χ3v) is 2.94. The van der Waals surface area contributed by atoms with E-state index in [0.29, 0.717) is 0 Å². The highest BCUT2D eigenvalue weighted by Crippen LogP contribution is 2.24. The predicted molar refractivity (Wildman–Crippen MR) is 53.7 cm³/mol. The molecule has 0 aliphatic carbocycles. The van der Waals surface area contributed by atoms with E-state index in [0.717, 1.165) is 0 Å². The molecule has 0 radical (unpaired) electrons. The highest BCUT2D eigenvalue weighted by atomic mass is 16.7. The molecular formula is C8H16B2O4. The van der Waals surface area contributed by atoms with E-state index in [1.165, 1.54) is 0 Å². The minimum absolute atomic E-state index is 0.110. The van der Waals surface area contributed by atoms with E-state index in [-0.39, 0.29) is 38.4 Å². The summed E-state index contributed by atoms with van der Waals surface area (Å²) in [7, 11) is -0.736. The lowest BCUT2D eigenvalue weighted by Gasteiger charge is -2.07. The minimum atomic E-state index is -0.368. The monoisotopic (exact) mass is 198 g/mol. The van der Waals surface area contributed by atoms with Crippen molar-refractivity contribution in [2.45, 2.75) is 52.1 Å². The van der Waals surface area contributed by atoms with Crippen molar-refractivity contribution >= 4 is 14.0 Å². The summed E-state index contributed by atoms with van der Waals surface area (Å²) in [6, 6.07) is 0. The molecule has 14 heavy (non-hydrogen) atoms. The molecule has 4 atom stereocenters. The van der Waals surface area contributed by atoms with Crippen LogP contribution >= 0.6 is 0 Å². The molecule has 78 valence electrons. The van der Waals surface area contributed by atoms with E-state index >= 15 is 0 Å². The number of hydrogen-bond acceptors (Lipinski definition) is 4. The molecule has 2 heterocycles. The highest BCUT2D eigenvalue weighted by molar-refractivity contribution is 7.11. The lowest BCUT2D eigenvalue weighted by atomic mass is 9.49. The van der Waals surface area contributed by atoms with Crippen LogP contribution in [0.25, 0.3) is 0 Å². The molecule has 2 saturated heterocycles. The second kappa shape index (κ2) is 3.85. The van der Waals surface area contributed by atoms with Crippen LogP contribution in [0.5, 0.6) is 0 Å². The van der Waals surface area contributed by atoms with E-state index in [1.807, 2.05) is 27.7 Å². The zero-order valence-electron chi connectivity index (χ0n) is 9.10. The van der Waals surface area contributed by atoms with E-state index in [9.17, 15) is 0 Å². The SMILES string of the molecule is C[C@@H]1OB(B2O[C@H](C)[C@@H](C)O2)O[C@@H]1C. The molecule has 0 spiro atoms. The van der Waals surface area contributed by atoms with Crippen molar-refractivity contribution < 1.29 is 18.6 Å². The number of rotatable bonds is 1. The first-order valence-electron chi connectivity index (χ1n) is 5.20. The van der Waals surface area contributed by atoms with E-state index < -0.39 is 0 Å². The Labute approximate surface area is 85.5 Å². The lowest BCUT2D eigenvalue weighted by molar-refractivity contribution is 0.187. The van der Waals surface area contributed by atoms with Gasteiger partial charge in [0.05, 0.1) is 24.4 Å². The van der Waals surface area contributed by atoms with Gasteiger partial charge in [-0.05, 0) is 27.7 Å². The van der Waals surface area contributed by atoms with Gasteiger partial charge in [-0.3, -0.25) is 0 Å². The maximum Gasteiger partial charge on any atom is 0.488 e. The van der Waals surface area contributed by atoms with Crippen molar-refractivity contribution in [3.05, 3.63) is 0 Å². The highest BCUT2D eigenvalue weighted by Gasteiger charge is 2.51. The first-order chi connectivity index (χ1) is 6.58. The Balaban J connectivity index is 1.92. The molecule has 2 rings (SSSR count). The first-order valence-corrected chi connectivity index (χ1v) is 5.20. The van der Waals surface area contributed by atoms with Crippen LogP contribution < -0.4 is 0 Å². The molecule has 2 fully saturated rings. The quantitative estimate of drug-likeness (QED) is 0.580. The summed E-state index contributed by atoms with van der Waals surface area (Å²) in [6.07, 6.45) is 0.439. The Kier molecular flexibility index (Phi) is 2.88. The summed E-state index contributed by atoms with van der Waals surface area (Å²) >= 11 is 0. The van der Waals surface area contributed by atoms with Crippen LogP contribution in [-0.2, 0) is 18.6 Å². The van der Waals surface area contributed by atoms with Crippen LogP contribution in [0, 0.1) is 0 Å². The molecular weight excluding hydrogens is 182 g/mol. The van der Waals surface area contributed by atoms with Gasteiger partial charge in [-0.1, -0.05) is 0 Å². The summed E-state index contributed by atoms with van der Waals surface area (Å²) in [4.78, 5) is 0. The summed E-state index contributed by atoms with van der Waals surface area (Å²) in [5.41, 5.74) is 0. The van der Waals surface area contributed by atoms with E-state index in [2.05, 4.69) is 0 Å². The van der Waals surface area contributed by atoms with Crippen LogP contribution in [0.4, 0.5) is 0 Å². The standard InChI is InChI=1S/C8H16B2O4/c1-5-6(2)12-9(11-5)10-13-7(3)8(4)14-10/h5-8H,1-4H3/t5-,6-,7-,8+/m1/s1. The normalized spacial score (nSPS) is 43.7. The molecule has 0 bridgehead atoms. The van der Waals surface area contributed by atoms with Gasteiger partial charge in [0.2, 0.25) is 0 Å². The predicted octanol–water partition coefficient (Wildman–Crippen LogP) is 0.689. The molecule has 4 nitrogen and oxygen atoms in total. The van der Waals surface area contributed by atoms with Crippen molar-refractivity contribution in [1.29, 1.82) is 0 Å². The Morgan fingerprint density at radius 3 is 1.00 bits per heavy atom. The van der Waals surface area contributed by atoms with Gasteiger partial charge in [-0.15, -0.1) is 0 Å². The largest absolute Gasteiger partial charge is 0.488 e. The fourth-order valence-corrected chi connectivity index (χ4v) is 1.61. The Hall–Kier alpha value is -0.0301. The first kappa shape index (κ1) is 10.5. The van der Waals surface area contributed by atoms with Gasteiger partial charge in [0.25, 0.3) is 0 Å². The van der Waals surface area contributed by atoms with Gasteiger partial charge in [0, 0.05) is 0 Å². The van der Waals surface area contributed by atoms with Crippen LogP contribution in [-0.4, -0.2) is 38.4 Å². The molecule has 0 aromatic heterocycles. The van der Waals surface area contributed by atoms with Crippen LogP contribution in [0.1, 0.15) is 27.7 Å². The Morgan fingerprint density at radius 2 is 0.786 bits per heavy atom. The second-order valence-electron chi connectivity index (χ2n) is 4.10. The Morgan fingerprint density at radius 1 is 0.571 bits per heavy atom. The van der Waals surface area contributed by atoms with Crippen molar-refractivity contribution in [1.82, 2.24) is 0 Å². The van der Waals surface area contributed by atoms with Gasteiger partial charge < -0.3 is 18.6 Å². The summed E-state index contributed by atoms with van der Waals surface area (Å²) in [6.45, 7) is 7.97. The summed E-state index contributed by atoms with van der Waals surface area (Å²) < 4.78 is 22.3. The molecule has 0 saturated carbocycles. The van der Waals surface area contributed by atoms with Crippen molar-refractivity contribution in [3.8, 4) is 0 Å². The average molecular weight is 198 g/mol. The molecule has 0 unspecified atom stereocenters. The molecule has 2 aliphatic heterocycles. The zero-order chi connectivity index (χ0) is 10.3. The van der Waals surface area contributed by atoms with Gasteiger partial charge in [0.15, 0.2) is 0 Å². The summed E-state index contributed by atoms with van der Waals surface area (Å²) in [5.74, 6) is 0. The molecule has 0 aromatic rings. The molecule has 6 heteroatoms. The molecule has 0 aromatic carbocycles. The second-order valence-corrected chi connectivity index (χ2v) is 4.10.